The van der Waals surface area contributed by atoms with Crippen LogP contribution in [0.4, 0.5) is 0 Å². The van der Waals surface area contributed by atoms with Crippen LogP contribution in [-0.4, -0.2) is 46.6 Å². The highest BCUT2D eigenvalue weighted by Gasteiger charge is 2.69. The van der Waals surface area contributed by atoms with Gasteiger partial charge >= 0.3 is 5.97 Å². The fourth-order valence-corrected chi connectivity index (χ4v) is 10.3. The molecule has 6 rings (SSSR count). The van der Waals surface area contributed by atoms with Gasteiger partial charge in [0.15, 0.2) is 3.95 Å². The molecule has 2 aliphatic heterocycles. The van der Waals surface area contributed by atoms with Crippen molar-refractivity contribution in [3.63, 3.8) is 0 Å². The molecular formula is C26H28N2O4S3. The Bertz CT molecular complexity index is 1290. The number of likely N-dealkylation sites (tertiary alicyclic amines) is 1. The number of thioether (sulfide) groups is 1. The molecule has 9 heteroatoms. The first-order valence-electron chi connectivity index (χ1n) is 12.0. The Morgan fingerprint density at radius 3 is 2.43 bits per heavy atom. The van der Waals surface area contributed by atoms with E-state index >= 15 is 0 Å². The summed E-state index contributed by atoms with van der Waals surface area (Å²) in [7, 11) is 1.28. The number of H-pyrrole nitrogens is 1. The van der Waals surface area contributed by atoms with Gasteiger partial charge in [-0.05, 0) is 52.9 Å². The second kappa shape index (κ2) is 8.02. The molecule has 1 saturated heterocycles. The number of hydrogen-bond donors (Lipinski definition) is 1. The number of ether oxygens (including phenoxy) is 1. The molecule has 7 atom stereocenters. The average Bonchev–Trinajstić information content (AvgIpc) is 3.54. The number of hydrogen-bond acceptors (Lipinski definition) is 7. The summed E-state index contributed by atoms with van der Waals surface area (Å²) in [6.45, 7) is 6.35. The second-order valence-corrected chi connectivity index (χ2v) is 14.1. The quantitative estimate of drug-likeness (QED) is 0.352. The molecule has 2 amide bonds. The van der Waals surface area contributed by atoms with E-state index in [2.05, 4.69) is 50.0 Å². The summed E-state index contributed by atoms with van der Waals surface area (Å²) in [5, 5.41) is 1.34. The van der Waals surface area contributed by atoms with Crippen LogP contribution in [0.1, 0.15) is 49.1 Å². The minimum absolute atomic E-state index is 0.0680. The van der Waals surface area contributed by atoms with Crippen molar-refractivity contribution < 1.29 is 19.1 Å². The SMILES string of the molecule is COC(=O)CN1C(=O)C2C3CC(C2C1=O)C1C(c2ccc(C(C)(C)C)cc2)c2sc(=S)[nH]c2SC31. The largest absolute Gasteiger partial charge is 0.468 e. The topological polar surface area (TPSA) is 79.5 Å². The summed E-state index contributed by atoms with van der Waals surface area (Å²) < 4.78 is 5.51. The lowest BCUT2D eigenvalue weighted by molar-refractivity contribution is -0.151. The summed E-state index contributed by atoms with van der Waals surface area (Å²) in [5.41, 5.74) is 2.60. The average molecular weight is 529 g/mol. The predicted molar refractivity (Wildman–Crippen MR) is 137 cm³/mol. The molecule has 1 aromatic carbocycles. The Balaban J connectivity index is 1.41. The van der Waals surface area contributed by atoms with E-state index in [-0.39, 0.29) is 64.5 Å². The number of nitrogens with one attached hydrogen (secondary N) is 1. The van der Waals surface area contributed by atoms with Gasteiger partial charge in [-0.15, -0.1) is 23.1 Å². The van der Waals surface area contributed by atoms with Crippen LogP contribution in [0.2, 0.25) is 0 Å². The molecule has 6 nitrogen and oxygen atoms in total. The van der Waals surface area contributed by atoms with Crippen LogP contribution in [0.3, 0.4) is 0 Å². The molecule has 3 fully saturated rings. The van der Waals surface area contributed by atoms with Crippen molar-refractivity contribution in [1.82, 2.24) is 9.88 Å². The number of aromatic amines is 1. The highest BCUT2D eigenvalue weighted by atomic mass is 32.2. The molecule has 2 bridgehead atoms. The van der Waals surface area contributed by atoms with Crippen LogP contribution in [0, 0.1) is 33.5 Å². The molecule has 2 saturated carbocycles. The zero-order valence-corrected chi connectivity index (χ0v) is 22.5. The van der Waals surface area contributed by atoms with Gasteiger partial charge in [-0.2, -0.15) is 0 Å². The van der Waals surface area contributed by atoms with Crippen LogP contribution in [0.25, 0.3) is 0 Å². The molecule has 1 aromatic heterocycles. The third kappa shape index (κ3) is 3.41. The summed E-state index contributed by atoms with van der Waals surface area (Å²) >= 11 is 8.97. The van der Waals surface area contributed by atoms with E-state index in [1.54, 1.807) is 23.1 Å². The molecule has 0 spiro atoms. The number of amides is 2. The molecule has 184 valence electrons. The van der Waals surface area contributed by atoms with Crippen molar-refractivity contribution in [2.45, 2.75) is 48.8 Å². The minimum atomic E-state index is -0.558. The molecule has 2 aromatic rings. The monoisotopic (exact) mass is 528 g/mol. The Hall–Kier alpha value is -1.97. The first kappa shape index (κ1) is 23.4. The Kier molecular flexibility index (Phi) is 5.37. The lowest BCUT2D eigenvalue weighted by Crippen LogP contribution is -2.42. The van der Waals surface area contributed by atoms with Crippen LogP contribution in [-0.2, 0) is 24.5 Å². The van der Waals surface area contributed by atoms with Crippen LogP contribution in [0.5, 0.6) is 0 Å². The Morgan fingerprint density at radius 2 is 1.80 bits per heavy atom. The number of benzene rings is 1. The fourth-order valence-electron chi connectivity index (χ4n) is 6.99. The molecule has 3 heterocycles. The standard InChI is InChI=1S/C26H28N2O4S3/c1-26(2,3)12-7-5-11(6-8-12)16-17-13-9-14(20(17)34-22-21(16)35-25(33)27-22)19-18(13)23(30)28(24(19)31)10-15(29)32-4/h5-8,13-14,16-20H,9-10H2,1-4H3,(H,27,33). The maximum absolute atomic E-state index is 13.4. The molecule has 4 aliphatic rings. The van der Waals surface area contributed by atoms with E-state index in [9.17, 15) is 14.4 Å². The van der Waals surface area contributed by atoms with Crippen LogP contribution >= 0.6 is 35.3 Å². The number of thiazole rings is 1. The number of methoxy groups -OCH3 is 1. The van der Waals surface area contributed by atoms with Gasteiger partial charge in [-0.1, -0.05) is 45.0 Å². The minimum Gasteiger partial charge on any atom is -0.468 e. The van der Waals surface area contributed by atoms with Crippen LogP contribution in [0.15, 0.2) is 29.3 Å². The number of imide groups is 1. The van der Waals surface area contributed by atoms with Gasteiger partial charge in [-0.3, -0.25) is 19.3 Å². The maximum atomic E-state index is 13.4. The van der Waals surface area contributed by atoms with Gasteiger partial charge < -0.3 is 9.72 Å². The first-order chi connectivity index (χ1) is 16.6. The lowest BCUT2D eigenvalue weighted by Gasteiger charge is -2.43. The van der Waals surface area contributed by atoms with Crippen molar-refractivity contribution >= 4 is 53.1 Å². The van der Waals surface area contributed by atoms with Gasteiger partial charge in [0.25, 0.3) is 0 Å². The second-order valence-electron chi connectivity index (χ2n) is 11.2. The van der Waals surface area contributed by atoms with Gasteiger partial charge in [0.05, 0.1) is 24.0 Å². The van der Waals surface area contributed by atoms with E-state index in [1.165, 1.54) is 23.1 Å². The van der Waals surface area contributed by atoms with E-state index in [4.69, 9.17) is 17.0 Å². The Labute approximate surface area is 217 Å². The normalized spacial score (nSPS) is 33.0. The molecule has 2 aliphatic carbocycles. The molecule has 0 radical (unpaired) electrons. The van der Waals surface area contributed by atoms with E-state index < -0.39 is 5.97 Å². The summed E-state index contributed by atoms with van der Waals surface area (Å²) in [5.74, 6) is -1.03. The number of rotatable bonds is 3. The zero-order chi connectivity index (χ0) is 24.8. The molecule has 1 N–H and O–H groups in total. The maximum Gasteiger partial charge on any atom is 0.325 e. The number of carbonyl (C=O) groups excluding carboxylic acids is 3. The van der Waals surface area contributed by atoms with Gasteiger partial charge in [0.1, 0.15) is 6.54 Å². The van der Waals surface area contributed by atoms with Gasteiger partial charge in [0, 0.05) is 16.0 Å². The highest BCUT2D eigenvalue weighted by Crippen LogP contribution is 2.68. The first-order valence-corrected chi connectivity index (χ1v) is 14.1. The van der Waals surface area contributed by atoms with E-state index in [1.807, 2.05) is 0 Å². The molecular weight excluding hydrogens is 500 g/mol. The predicted octanol–water partition coefficient (Wildman–Crippen LogP) is 4.75. The molecule has 35 heavy (non-hydrogen) atoms. The fraction of sp³-hybridized carbons (Fsp3) is 0.538. The van der Waals surface area contributed by atoms with Crippen molar-refractivity contribution in [1.29, 1.82) is 0 Å². The van der Waals surface area contributed by atoms with Crippen molar-refractivity contribution in [2.75, 3.05) is 13.7 Å². The number of fused-ring (bicyclic) bond motifs is 9. The number of aromatic nitrogens is 1. The van der Waals surface area contributed by atoms with Crippen molar-refractivity contribution in [3.8, 4) is 0 Å². The number of esters is 1. The van der Waals surface area contributed by atoms with E-state index in [0.29, 0.717) is 0 Å². The lowest BCUT2D eigenvalue weighted by atomic mass is 9.68. The Morgan fingerprint density at radius 1 is 1.14 bits per heavy atom. The number of nitrogens with zero attached hydrogens (tertiary/aromatic N) is 1. The molecule has 7 unspecified atom stereocenters. The zero-order valence-electron chi connectivity index (χ0n) is 20.1. The van der Waals surface area contributed by atoms with Crippen molar-refractivity contribution in [2.24, 2.45) is 29.6 Å². The van der Waals surface area contributed by atoms with Crippen molar-refractivity contribution in [3.05, 3.63) is 44.2 Å². The third-order valence-corrected chi connectivity index (χ3v) is 11.4. The summed E-state index contributed by atoms with van der Waals surface area (Å²) in [6, 6.07) is 8.91. The number of carbonyl (C=O) groups is 3. The van der Waals surface area contributed by atoms with E-state index in [0.717, 1.165) is 20.3 Å². The van der Waals surface area contributed by atoms with Crippen LogP contribution < -0.4 is 0 Å². The van der Waals surface area contributed by atoms with Gasteiger partial charge in [0.2, 0.25) is 11.8 Å². The summed E-state index contributed by atoms with van der Waals surface area (Å²) in [4.78, 5) is 44.4. The summed E-state index contributed by atoms with van der Waals surface area (Å²) in [6.07, 6.45) is 0.882. The third-order valence-electron chi connectivity index (χ3n) is 8.47. The smallest absolute Gasteiger partial charge is 0.325 e. The highest BCUT2D eigenvalue weighted by molar-refractivity contribution is 8.00. The van der Waals surface area contributed by atoms with Gasteiger partial charge in [-0.25, -0.2) is 0 Å².